The topological polar surface area (TPSA) is 111 Å². The summed E-state index contributed by atoms with van der Waals surface area (Å²) < 4.78 is 13.0. The van der Waals surface area contributed by atoms with E-state index >= 15 is 0 Å². The number of nitrogens with zero attached hydrogens (tertiary/aromatic N) is 2. The van der Waals surface area contributed by atoms with Crippen molar-refractivity contribution in [1.29, 1.82) is 0 Å². The van der Waals surface area contributed by atoms with Crippen LogP contribution in [0.15, 0.2) is 24.4 Å². The van der Waals surface area contributed by atoms with Crippen LogP contribution in [0.1, 0.15) is 10.4 Å². The van der Waals surface area contributed by atoms with Crippen molar-refractivity contribution in [3.8, 4) is 0 Å². The lowest BCUT2D eigenvalue weighted by Gasteiger charge is -2.04. The number of halogens is 1. The van der Waals surface area contributed by atoms with Crippen molar-refractivity contribution in [2.75, 3.05) is 11.1 Å². The third kappa shape index (κ3) is 2.83. The second kappa shape index (κ2) is 4.98. The number of anilines is 2. The minimum Gasteiger partial charge on any atom is -0.398 e. The molecule has 0 spiro atoms. The minimum absolute atomic E-state index is 0.0420. The Bertz CT molecular complexity index is 658. The summed E-state index contributed by atoms with van der Waals surface area (Å²) in [6.45, 7) is 0. The monoisotopic (exact) mass is 282 g/mol. The van der Waals surface area contributed by atoms with Gasteiger partial charge in [-0.25, -0.2) is 9.37 Å². The summed E-state index contributed by atoms with van der Waals surface area (Å²) in [5.74, 6) is -1.29. The molecule has 0 aliphatic carbocycles. The van der Waals surface area contributed by atoms with E-state index in [-0.39, 0.29) is 21.4 Å². The normalized spacial score (nSPS) is 10.2. The number of nitrogens with one attached hydrogen (secondary N) is 1. The van der Waals surface area contributed by atoms with Gasteiger partial charge < -0.3 is 5.73 Å². The fourth-order valence-corrected chi connectivity index (χ4v) is 1.92. The number of aromatic nitrogens is 1. The number of nitro groups is 1. The Kier molecular flexibility index (Phi) is 3.38. The van der Waals surface area contributed by atoms with Crippen LogP contribution in [0.25, 0.3) is 0 Å². The highest BCUT2D eigenvalue weighted by Gasteiger charge is 2.16. The van der Waals surface area contributed by atoms with Gasteiger partial charge in [0, 0.05) is 5.69 Å². The molecule has 1 aromatic heterocycles. The van der Waals surface area contributed by atoms with Crippen LogP contribution in [0, 0.1) is 15.9 Å². The third-order valence-corrected chi connectivity index (χ3v) is 3.02. The highest BCUT2D eigenvalue weighted by molar-refractivity contribution is 7.18. The zero-order valence-electron chi connectivity index (χ0n) is 9.29. The molecule has 9 heteroatoms. The molecule has 7 nitrogen and oxygen atoms in total. The number of nitrogen functional groups attached to an aromatic ring is 1. The number of hydrogen-bond donors (Lipinski definition) is 2. The zero-order chi connectivity index (χ0) is 14.0. The molecule has 0 fully saturated rings. The summed E-state index contributed by atoms with van der Waals surface area (Å²) >= 11 is 0.697. The molecule has 2 aromatic rings. The van der Waals surface area contributed by atoms with E-state index in [4.69, 9.17) is 5.73 Å². The highest BCUT2D eigenvalue weighted by Crippen LogP contribution is 2.25. The predicted octanol–water partition coefficient (Wildman–Crippen LogP) is 2.02. The number of thiazole rings is 1. The van der Waals surface area contributed by atoms with Gasteiger partial charge in [-0.2, -0.15) is 0 Å². The maximum Gasteiger partial charge on any atom is 0.345 e. The van der Waals surface area contributed by atoms with E-state index in [1.54, 1.807) is 0 Å². The van der Waals surface area contributed by atoms with Gasteiger partial charge in [-0.3, -0.25) is 20.2 Å². The molecular formula is C10H7FN4O3S. The molecule has 0 atom stereocenters. The van der Waals surface area contributed by atoms with Crippen LogP contribution in [0.4, 0.5) is 20.2 Å². The molecule has 0 aliphatic rings. The van der Waals surface area contributed by atoms with Gasteiger partial charge in [0.2, 0.25) is 0 Å². The van der Waals surface area contributed by atoms with Gasteiger partial charge in [-0.05, 0) is 29.5 Å². The van der Waals surface area contributed by atoms with Crippen LogP contribution >= 0.6 is 11.3 Å². The average molecular weight is 282 g/mol. The molecule has 98 valence electrons. The third-order valence-electron chi connectivity index (χ3n) is 2.15. The van der Waals surface area contributed by atoms with Crippen molar-refractivity contribution in [3.05, 3.63) is 45.9 Å². The molecule has 0 bridgehead atoms. The average Bonchev–Trinajstić information content (AvgIpc) is 2.80. The van der Waals surface area contributed by atoms with Gasteiger partial charge in [-0.15, -0.1) is 0 Å². The maximum atomic E-state index is 13.0. The van der Waals surface area contributed by atoms with Gasteiger partial charge in [0.15, 0.2) is 5.13 Å². The van der Waals surface area contributed by atoms with E-state index < -0.39 is 16.6 Å². The summed E-state index contributed by atoms with van der Waals surface area (Å²) in [7, 11) is 0. The van der Waals surface area contributed by atoms with E-state index in [9.17, 15) is 19.3 Å². The van der Waals surface area contributed by atoms with Crippen molar-refractivity contribution in [3.63, 3.8) is 0 Å². The second-order valence-electron chi connectivity index (χ2n) is 3.45. The Morgan fingerprint density at radius 2 is 2.26 bits per heavy atom. The van der Waals surface area contributed by atoms with Gasteiger partial charge in [-0.1, -0.05) is 0 Å². The fourth-order valence-electron chi connectivity index (χ4n) is 1.30. The molecule has 2 rings (SSSR count). The molecule has 3 N–H and O–H groups in total. The summed E-state index contributed by atoms with van der Waals surface area (Å²) in [5, 5.41) is 12.6. The second-order valence-corrected chi connectivity index (χ2v) is 4.46. The number of rotatable bonds is 3. The lowest BCUT2D eigenvalue weighted by molar-refractivity contribution is -0.380. The quantitative estimate of drug-likeness (QED) is 0.508. The van der Waals surface area contributed by atoms with Crippen molar-refractivity contribution in [2.45, 2.75) is 0 Å². The number of carbonyl (C=O) groups is 1. The Morgan fingerprint density at radius 1 is 1.53 bits per heavy atom. The summed E-state index contributed by atoms with van der Waals surface area (Å²) in [6, 6.07) is 3.36. The van der Waals surface area contributed by atoms with Crippen LogP contribution in [0.3, 0.4) is 0 Å². The molecule has 0 radical (unpaired) electrons. The van der Waals surface area contributed by atoms with Crippen molar-refractivity contribution < 1.29 is 14.1 Å². The highest BCUT2D eigenvalue weighted by atomic mass is 32.1. The molecular weight excluding hydrogens is 275 g/mol. The molecule has 0 saturated carbocycles. The molecule has 1 aromatic carbocycles. The van der Waals surface area contributed by atoms with Crippen LogP contribution in [-0.2, 0) is 0 Å². The lowest BCUT2D eigenvalue weighted by atomic mass is 10.1. The van der Waals surface area contributed by atoms with Crippen molar-refractivity contribution in [2.24, 2.45) is 0 Å². The molecule has 19 heavy (non-hydrogen) atoms. The maximum absolute atomic E-state index is 13.0. The smallest absolute Gasteiger partial charge is 0.345 e. The zero-order valence-corrected chi connectivity index (χ0v) is 10.1. The molecule has 0 unspecified atom stereocenters. The number of benzene rings is 1. The van der Waals surface area contributed by atoms with Crippen molar-refractivity contribution in [1.82, 2.24) is 4.98 Å². The van der Waals surface area contributed by atoms with Gasteiger partial charge in [0.25, 0.3) is 5.91 Å². The largest absolute Gasteiger partial charge is 0.398 e. The van der Waals surface area contributed by atoms with E-state index in [0.717, 1.165) is 18.3 Å². The van der Waals surface area contributed by atoms with Crippen molar-refractivity contribution >= 4 is 33.1 Å². The van der Waals surface area contributed by atoms with Crippen LogP contribution in [0.2, 0.25) is 0 Å². The number of nitrogens with two attached hydrogens (primary N) is 1. The Morgan fingerprint density at radius 3 is 2.89 bits per heavy atom. The molecule has 1 amide bonds. The molecule has 0 saturated heterocycles. The first-order chi connectivity index (χ1) is 8.97. The first-order valence-corrected chi connectivity index (χ1v) is 5.75. The Hall–Kier alpha value is -2.55. The van der Waals surface area contributed by atoms with Crippen LogP contribution < -0.4 is 11.1 Å². The first-order valence-electron chi connectivity index (χ1n) is 4.94. The first kappa shape index (κ1) is 12.9. The van der Waals surface area contributed by atoms with E-state index in [1.807, 2.05) is 0 Å². The van der Waals surface area contributed by atoms with E-state index in [1.165, 1.54) is 6.07 Å². The molecule has 0 aliphatic heterocycles. The molecule has 1 heterocycles. The van der Waals surface area contributed by atoms with Gasteiger partial charge >= 0.3 is 5.00 Å². The Balaban J connectivity index is 2.20. The predicted molar refractivity (Wildman–Crippen MR) is 67.5 cm³/mol. The standard InChI is InChI=1S/C10H7FN4O3S/c11-5-1-2-7(12)6(3-5)9(16)14-10-13-4-8(19-10)15(17)18/h1-4H,12H2,(H,13,14,16). The summed E-state index contributed by atoms with van der Waals surface area (Å²) in [4.78, 5) is 25.3. The van der Waals surface area contributed by atoms with E-state index in [0.29, 0.717) is 11.3 Å². The summed E-state index contributed by atoms with van der Waals surface area (Å²) in [5.41, 5.74) is 5.59. The Labute approximate surface area is 110 Å². The number of hydrogen-bond acceptors (Lipinski definition) is 6. The number of carbonyl (C=O) groups excluding carboxylic acids is 1. The summed E-state index contributed by atoms with van der Waals surface area (Å²) in [6.07, 6.45) is 1.02. The van der Waals surface area contributed by atoms with Gasteiger partial charge in [0.05, 0.1) is 10.5 Å². The van der Waals surface area contributed by atoms with E-state index in [2.05, 4.69) is 10.3 Å². The fraction of sp³-hybridized carbons (Fsp3) is 0. The van der Waals surface area contributed by atoms with Gasteiger partial charge in [0.1, 0.15) is 12.0 Å². The minimum atomic E-state index is -0.679. The lowest BCUT2D eigenvalue weighted by Crippen LogP contribution is -2.14. The number of amides is 1. The van der Waals surface area contributed by atoms with Crippen LogP contribution in [0.5, 0.6) is 0 Å². The van der Waals surface area contributed by atoms with Crippen LogP contribution in [-0.4, -0.2) is 15.8 Å². The SMILES string of the molecule is Nc1ccc(F)cc1C(=O)Nc1ncc([N+](=O)[O-])s1.